The third-order valence-corrected chi connectivity index (χ3v) is 4.39. The molecule has 26 heavy (non-hydrogen) atoms. The number of ether oxygens (including phenoxy) is 3. The summed E-state index contributed by atoms with van der Waals surface area (Å²) in [5.41, 5.74) is 0.632. The molecular weight excluding hydrogens is 337 g/mol. The van der Waals surface area contributed by atoms with Gasteiger partial charge in [-0.25, -0.2) is 4.39 Å². The summed E-state index contributed by atoms with van der Waals surface area (Å²) in [6.07, 6.45) is 0.581. The molecule has 2 aromatic rings. The molecule has 1 aliphatic rings. The normalized spacial score (nSPS) is 17.7. The Morgan fingerprint density at radius 1 is 1.19 bits per heavy atom. The second-order valence-corrected chi connectivity index (χ2v) is 6.85. The van der Waals surface area contributed by atoms with Crippen molar-refractivity contribution in [1.82, 2.24) is 5.32 Å². The smallest absolute Gasteiger partial charge is 0.251 e. The largest absolute Gasteiger partial charge is 0.497 e. The second kappa shape index (κ2) is 6.86. The Hall–Kier alpha value is -2.76. The fraction of sp³-hybridized carbons (Fsp3) is 0.350. The van der Waals surface area contributed by atoms with E-state index in [1.807, 2.05) is 32.0 Å². The average Bonchev–Trinajstić information content (AvgIpc) is 2.60. The summed E-state index contributed by atoms with van der Waals surface area (Å²) in [6.45, 7) is 3.93. The van der Waals surface area contributed by atoms with Crippen LogP contribution in [0.25, 0.3) is 0 Å². The minimum absolute atomic E-state index is 0.101. The Labute approximate surface area is 152 Å². The van der Waals surface area contributed by atoms with Crippen LogP contribution < -0.4 is 19.5 Å². The molecule has 0 aromatic heterocycles. The topological polar surface area (TPSA) is 56.8 Å². The number of hydrogen-bond donors (Lipinski definition) is 1. The molecule has 0 saturated carbocycles. The van der Waals surface area contributed by atoms with Crippen molar-refractivity contribution in [3.8, 4) is 17.2 Å². The van der Waals surface area contributed by atoms with Gasteiger partial charge in [0.2, 0.25) is 0 Å². The van der Waals surface area contributed by atoms with E-state index in [1.165, 1.54) is 25.3 Å². The zero-order valence-electron chi connectivity index (χ0n) is 15.3. The number of carbonyl (C=O) groups is 1. The molecule has 6 heteroatoms. The van der Waals surface area contributed by atoms with E-state index in [2.05, 4.69) is 5.32 Å². The number of hydrogen-bond acceptors (Lipinski definition) is 4. The molecule has 1 amide bonds. The molecule has 1 N–H and O–H groups in total. The molecule has 0 saturated heterocycles. The van der Waals surface area contributed by atoms with Gasteiger partial charge in [-0.15, -0.1) is 0 Å². The van der Waals surface area contributed by atoms with E-state index < -0.39 is 11.4 Å². The molecule has 1 aliphatic heterocycles. The van der Waals surface area contributed by atoms with Gasteiger partial charge in [0.05, 0.1) is 20.3 Å². The second-order valence-electron chi connectivity index (χ2n) is 6.85. The van der Waals surface area contributed by atoms with Crippen molar-refractivity contribution in [2.24, 2.45) is 0 Å². The molecule has 2 aromatic carbocycles. The first-order valence-electron chi connectivity index (χ1n) is 8.34. The lowest BCUT2D eigenvalue weighted by molar-refractivity contribution is 0.0618. The summed E-state index contributed by atoms with van der Waals surface area (Å²) in [5.74, 6) is 0.552. The van der Waals surface area contributed by atoms with E-state index >= 15 is 0 Å². The summed E-state index contributed by atoms with van der Waals surface area (Å²) >= 11 is 0. The molecule has 1 heterocycles. The minimum atomic E-state index is -0.575. The number of amides is 1. The van der Waals surface area contributed by atoms with Crippen molar-refractivity contribution in [1.29, 1.82) is 0 Å². The lowest BCUT2D eigenvalue weighted by atomic mass is 9.89. The summed E-state index contributed by atoms with van der Waals surface area (Å²) in [7, 11) is 2.97. The van der Waals surface area contributed by atoms with Crippen LogP contribution in [0.2, 0.25) is 0 Å². The van der Waals surface area contributed by atoms with Crippen LogP contribution in [0.4, 0.5) is 4.39 Å². The Bertz CT molecular complexity index is 835. The highest BCUT2D eigenvalue weighted by Gasteiger charge is 2.35. The van der Waals surface area contributed by atoms with Crippen molar-refractivity contribution in [3.05, 3.63) is 53.3 Å². The van der Waals surface area contributed by atoms with Gasteiger partial charge in [0.15, 0.2) is 11.6 Å². The summed E-state index contributed by atoms with van der Waals surface area (Å²) in [6, 6.07) is 9.37. The fourth-order valence-electron chi connectivity index (χ4n) is 3.14. The lowest BCUT2D eigenvalue weighted by Crippen LogP contribution is -2.41. The van der Waals surface area contributed by atoms with Crippen molar-refractivity contribution >= 4 is 5.91 Å². The van der Waals surface area contributed by atoms with E-state index in [0.29, 0.717) is 17.9 Å². The Kier molecular flexibility index (Phi) is 4.76. The molecule has 0 unspecified atom stereocenters. The van der Waals surface area contributed by atoms with Crippen LogP contribution in [-0.2, 0) is 0 Å². The molecule has 0 fully saturated rings. The van der Waals surface area contributed by atoms with Gasteiger partial charge >= 0.3 is 0 Å². The Morgan fingerprint density at radius 3 is 2.62 bits per heavy atom. The fourth-order valence-corrected chi connectivity index (χ4v) is 3.14. The standard InChI is InChI=1S/C20H22FNO4/c1-20(2)11-16(14-10-13(24-3)6-8-17(14)26-20)22-19(23)12-5-7-18(25-4)15(21)9-12/h5-10,16H,11H2,1-4H3,(H,22,23)/t16-/m0/s1. The van der Waals surface area contributed by atoms with Gasteiger partial charge in [0.25, 0.3) is 5.91 Å². The summed E-state index contributed by atoms with van der Waals surface area (Å²) in [4.78, 5) is 12.6. The highest BCUT2D eigenvalue weighted by Crippen LogP contribution is 2.41. The van der Waals surface area contributed by atoms with Gasteiger partial charge < -0.3 is 19.5 Å². The number of methoxy groups -OCH3 is 2. The van der Waals surface area contributed by atoms with Crippen molar-refractivity contribution in [2.75, 3.05) is 14.2 Å². The lowest BCUT2D eigenvalue weighted by Gasteiger charge is -2.38. The van der Waals surface area contributed by atoms with Gasteiger partial charge in [0, 0.05) is 17.5 Å². The number of benzene rings is 2. The summed E-state index contributed by atoms with van der Waals surface area (Å²) in [5, 5.41) is 2.98. The van der Waals surface area contributed by atoms with Gasteiger partial charge in [0.1, 0.15) is 17.1 Å². The first-order valence-corrected chi connectivity index (χ1v) is 8.34. The predicted octanol–water partition coefficient (Wildman–Crippen LogP) is 3.88. The molecule has 0 radical (unpaired) electrons. The summed E-state index contributed by atoms with van der Waals surface area (Å²) < 4.78 is 30.1. The molecule has 0 aliphatic carbocycles. The molecule has 0 spiro atoms. The SMILES string of the molecule is COc1ccc2c(c1)[C@@H](NC(=O)c1ccc(OC)c(F)c1)CC(C)(C)O2. The Morgan fingerprint density at radius 2 is 1.96 bits per heavy atom. The van der Waals surface area contributed by atoms with Crippen molar-refractivity contribution < 1.29 is 23.4 Å². The van der Waals surface area contributed by atoms with Gasteiger partial charge in [-0.2, -0.15) is 0 Å². The monoisotopic (exact) mass is 359 g/mol. The molecular formula is C20H22FNO4. The van der Waals surface area contributed by atoms with Crippen molar-refractivity contribution in [2.45, 2.75) is 31.9 Å². The number of fused-ring (bicyclic) bond motifs is 1. The number of halogens is 1. The maximum atomic E-state index is 13.9. The van der Waals surface area contributed by atoms with Gasteiger partial charge in [-0.05, 0) is 50.2 Å². The first kappa shape index (κ1) is 18.0. The van der Waals surface area contributed by atoms with E-state index in [-0.39, 0.29) is 23.3 Å². The van der Waals surface area contributed by atoms with Crippen LogP contribution in [-0.4, -0.2) is 25.7 Å². The highest BCUT2D eigenvalue weighted by atomic mass is 19.1. The maximum Gasteiger partial charge on any atom is 0.251 e. The van der Waals surface area contributed by atoms with Crippen LogP contribution in [0.1, 0.15) is 42.2 Å². The van der Waals surface area contributed by atoms with Gasteiger partial charge in [-0.1, -0.05) is 0 Å². The first-order chi connectivity index (χ1) is 12.3. The minimum Gasteiger partial charge on any atom is -0.497 e. The third-order valence-electron chi connectivity index (χ3n) is 4.39. The molecule has 1 atom stereocenters. The highest BCUT2D eigenvalue weighted by molar-refractivity contribution is 5.94. The van der Waals surface area contributed by atoms with E-state index in [1.54, 1.807) is 7.11 Å². The number of carbonyl (C=O) groups excluding carboxylic acids is 1. The molecule has 5 nitrogen and oxygen atoms in total. The van der Waals surface area contributed by atoms with E-state index in [4.69, 9.17) is 14.2 Å². The third kappa shape index (κ3) is 3.59. The molecule has 138 valence electrons. The molecule has 3 rings (SSSR count). The maximum absolute atomic E-state index is 13.9. The zero-order valence-corrected chi connectivity index (χ0v) is 15.3. The van der Waals surface area contributed by atoms with Crippen molar-refractivity contribution in [3.63, 3.8) is 0 Å². The van der Waals surface area contributed by atoms with E-state index in [9.17, 15) is 9.18 Å². The molecule has 0 bridgehead atoms. The number of rotatable bonds is 4. The average molecular weight is 359 g/mol. The number of nitrogens with one attached hydrogen (secondary N) is 1. The Balaban J connectivity index is 1.89. The van der Waals surface area contributed by atoms with Crippen LogP contribution >= 0.6 is 0 Å². The van der Waals surface area contributed by atoms with Crippen LogP contribution in [0.15, 0.2) is 36.4 Å². The van der Waals surface area contributed by atoms with Gasteiger partial charge in [-0.3, -0.25) is 4.79 Å². The predicted molar refractivity (Wildman–Crippen MR) is 95.5 cm³/mol. The zero-order chi connectivity index (χ0) is 18.9. The quantitative estimate of drug-likeness (QED) is 0.900. The van der Waals surface area contributed by atoms with Crippen LogP contribution in [0.3, 0.4) is 0 Å². The van der Waals surface area contributed by atoms with Crippen LogP contribution in [0, 0.1) is 5.82 Å². The van der Waals surface area contributed by atoms with E-state index in [0.717, 1.165) is 5.56 Å². The van der Waals surface area contributed by atoms with Crippen LogP contribution in [0.5, 0.6) is 17.2 Å².